The maximum Gasteiger partial charge on any atom is 0.414 e. The molecule has 0 radical (unpaired) electrons. The molecular weight excluding hydrogens is 250 g/mol. The van der Waals surface area contributed by atoms with Crippen LogP contribution in [0.15, 0.2) is 18.2 Å². The number of hydrogen-bond acceptors (Lipinski definition) is 3. The Morgan fingerprint density at radius 3 is 3.00 bits per heavy atom. The van der Waals surface area contributed by atoms with Crippen LogP contribution in [0.5, 0.6) is 0 Å². The van der Waals surface area contributed by atoms with Gasteiger partial charge in [0, 0.05) is 12.2 Å². The first-order valence-corrected chi connectivity index (χ1v) is 6.07. The van der Waals surface area contributed by atoms with Crippen molar-refractivity contribution in [2.24, 2.45) is 5.73 Å². The topological polar surface area (TPSA) is 67.6 Å². The molecule has 6 heteroatoms. The lowest BCUT2D eigenvalue weighted by atomic mass is 10.0. The lowest BCUT2D eigenvalue weighted by Crippen LogP contribution is -2.35. The van der Waals surface area contributed by atoms with Crippen molar-refractivity contribution in [3.63, 3.8) is 0 Å². The summed E-state index contributed by atoms with van der Waals surface area (Å²) in [5.74, 6) is 0. The third kappa shape index (κ3) is 2.53. The number of carbonyl (C=O) groups is 1. The predicted octanol–water partition coefficient (Wildman–Crippen LogP) is 1.86. The highest BCUT2D eigenvalue weighted by molar-refractivity contribution is 7.80. The zero-order valence-corrected chi connectivity index (χ0v) is 10.9. The van der Waals surface area contributed by atoms with Gasteiger partial charge in [0.25, 0.3) is 0 Å². The molecule has 0 aromatic heterocycles. The van der Waals surface area contributed by atoms with Crippen LogP contribution >= 0.6 is 12.2 Å². The number of hydrogen-bond donors (Lipinski definition) is 2. The van der Waals surface area contributed by atoms with Crippen LogP contribution in [-0.2, 0) is 11.2 Å². The van der Waals surface area contributed by atoms with Gasteiger partial charge in [0.05, 0.1) is 12.8 Å². The Labute approximate surface area is 111 Å². The van der Waals surface area contributed by atoms with Crippen molar-refractivity contribution in [1.29, 1.82) is 0 Å². The molecule has 0 fully saturated rings. The largest absolute Gasteiger partial charge is 0.452 e. The van der Waals surface area contributed by atoms with Crippen LogP contribution in [0.25, 0.3) is 0 Å². The minimum atomic E-state index is -0.328. The van der Waals surface area contributed by atoms with E-state index < -0.39 is 0 Å². The molecular formula is C12H15N3O2S. The lowest BCUT2D eigenvalue weighted by molar-refractivity contribution is 0.178. The minimum Gasteiger partial charge on any atom is -0.452 e. The SMILES string of the molecule is COC(=O)N1CCCc2cc(NC(N)=S)ccc21. The Bertz CT molecular complexity index is 490. The van der Waals surface area contributed by atoms with Crippen molar-refractivity contribution in [3.8, 4) is 0 Å². The maximum atomic E-state index is 11.6. The molecule has 96 valence electrons. The number of benzene rings is 1. The molecule has 0 unspecified atom stereocenters. The number of methoxy groups -OCH3 is 1. The second-order valence-corrected chi connectivity index (χ2v) is 4.50. The molecule has 0 aliphatic carbocycles. The van der Waals surface area contributed by atoms with E-state index in [-0.39, 0.29) is 11.2 Å². The molecule has 0 spiro atoms. The number of nitrogens with one attached hydrogen (secondary N) is 1. The number of nitrogens with zero attached hydrogens (tertiary/aromatic N) is 1. The number of amides is 1. The van der Waals surface area contributed by atoms with Gasteiger partial charge in [0.15, 0.2) is 5.11 Å². The van der Waals surface area contributed by atoms with Gasteiger partial charge in [-0.3, -0.25) is 4.90 Å². The van der Waals surface area contributed by atoms with Crippen molar-refractivity contribution in [3.05, 3.63) is 23.8 Å². The average Bonchev–Trinajstić information content (AvgIpc) is 2.36. The van der Waals surface area contributed by atoms with E-state index in [1.165, 1.54) is 7.11 Å². The third-order valence-corrected chi connectivity index (χ3v) is 2.96. The van der Waals surface area contributed by atoms with E-state index in [1.54, 1.807) is 4.90 Å². The van der Waals surface area contributed by atoms with Crippen LogP contribution in [0.4, 0.5) is 16.2 Å². The highest BCUT2D eigenvalue weighted by Crippen LogP contribution is 2.30. The molecule has 5 nitrogen and oxygen atoms in total. The molecule has 0 atom stereocenters. The predicted molar refractivity (Wildman–Crippen MR) is 74.9 cm³/mol. The van der Waals surface area contributed by atoms with Gasteiger partial charge in [-0.2, -0.15) is 0 Å². The Morgan fingerprint density at radius 1 is 1.56 bits per heavy atom. The maximum absolute atomic E-state index is 11.6. The third-order valence-electron chi connectivity index (χ3n) is 2.86. The van der Waals surface area contributed by atoms with Crippen molar-refractivity contribution >= 4 is 34.8 Å². The molecule has 0 bridgehead atoms. The van der Waals surface area contributed by atoms with Gasteiger partial charge >= 0.3 is 6.09 Å². The summed E-state index contributed by atoms with van der Waals surface area (Å²) in [5, 5.41) is 3.12. The number of aryl methyl sites for hydroxylation is 1. The summed E-state index contributed by atoms with van der Waals surface area (Å²) < 4.78 is 4.77. The molecule has 1 heterocycles. The first-order chi connectivity index (χ1) is 8.61. The first kappa shape index (κ1) is 12.6. The molecule has 1 aromatic rings. The quantitative estimate of drug-likeness (QED) is 0.759. The summed E-state index contributed by atoms with van der Waals surface area (Å²) in [5.41, 5.74) is 8.26. The van der Waals surface area contributed by atoms with Crippen molar-refractivity contribution < 1.29 is 9.53 Å². The average molecular weight is 265 g/mol. The molecule has 1 aromatic carbocycles. The van der Waals surface area contributed by atoms with Gasteiger partial charge in [-0.15, -0.1) is 0 Å². The zero-order chi connectivity index (χ0) is 13.1. The summed E-state index contributed by atoms with van der Waals surface area (Å²) >= 11 is 4.80. The van der Waals surface area contributed by atoms with Crippen molar-refractivity contribution in [2.45, 2.75) is 12.8 Å². The van der Waals surface area contributed by atoms with E-state index in [1.807, 2.05) is 18.2 Å². The van der Waals surface area contributed by atoms with Gasteiger partial charge in [-0.1, -0.05) is 0 Å². The van der Waals surface area contributed by atoms with Gasteiger partial charge in [-0.25, -0.2) is 4.79 Å². The van der Waals surface area contributed by atoms with E-state index in [9.17, 15) is 4.79 Å². The van der Waals surface area contributed by atoms with Crippen LogP contribution < -0.4 is 16.0 Å². The second-order valence-electron chi connectivity index (χ2n) is 4.06. The fraction of sp³-hybridized carbons (Fsp3) is 0.333. The summed E-state index contributed by atoms with van der Waals surface area (Å²) in [4.78, 5) is 13.3. The number of nitrogens with two attached hydrogens (primary N) is 1. The molecule has 3 N–H and O–H groups in total. The zero-order valence-electron chi connectivity index (χ0n) is 10.1. The van der Waals surface area contributed by atoms with Crippen LogP contribution in [0, 0.1) is 0 Å². The number of anilines is 2. The van der Waals surface area contributed by atoms with Crippen LogP contribution in [0.1, 0.15) is 12.0 Å². The Kier molecular flexibility index (Phi) is 3.66. The van der Waals surface area contributed by atoms with Crippen LogP contribution in [0.3, 0.4) is 0 Å². The van der Waals surface area contributed by atoms with Gasteiger partial charge < -0.3 is 15.8 Å². The summed E-state index contributed by atoms with van der Waals surface area (Å²) in [6.07, 6.45) is 1.51. The molecule has 2 rings (SSSR count). The number of rotatable bonds is 1. The summed E-state index contributed by atoms with van der Waals surface area (Å²) in [7, 11) is 1.39. The van der Waals surface area contributed by atoms with Gasteiger partial charge in [0.1, 0.15) is 0 Å². The molecule has 18 heavy (non-hydrogen) atoms. The smallest absolute Gasteiger partial charge is 0.414 e. The summed E-state index contributed by atoms with van der Waals surface area (Å²) in [6, 6.07) is 5.69. The molecule has 0 saturated carbocycles. The fourth-order valence-corrected chi connectivity index (χ4v) is 2.23. The van der Waals surface area contributed by atoms with E-state index in [4.69, 9.17) is 22.7 Å². The lowest BCUT2D eigenvalue weighted by Gasteiger charge is -2.28. The van der Waals surface area contributed by atoms with E-state index in [0.29, 0.717) is 6.54 Å². The number of fused-ring (bicyclic) bond motifs is 1. The van der Waals surface area contributed by atoms with Crippen molar-refractivity contribution in [1.82, 2.24) is 0 Å². The monoisotopic (exact) mass is 265 g/mol. The molecule has 1 aliphatic heterocycles. The number of thiocarbonyl (C=S) groups is 1. The number of carbonyl (C=O) groups excluding carboxylic acids is 1. The Balaban J connectivity index is 2.30. The van der Waals surface area contributed by atoms with Crippen LogP contribution in [0.2, 0.25) is 0 Å². The normalized spacial score (nSPS) is 13.7. The number of ether oxygens (including phenoxy) is 1. The van der Waals surface area contributed by atoms with Crippen molar-refractivity contribution in [2.75, 3.05) is 23.9 Å². The fourth-order valence-electron chi connectivity index (χ4n) is 2.12. The Morgan fingerprint density at radius 2 is 2.33 bits per heavy atom. The molecule has 1 aliphatic rings. The second kappa shape index (κ2) is 5.22. The Hall–Kier alpha value is -1.82. The van der Waals surface area contributed by atoms with E-state index in [2.05, 4.69) is 5.32 Å². The molecule has 0 saturated heterocycles. The first-order valence-electron chi connectivity index (χ1n) is 5.66. The highest BCUT2D eigenvalue weighted by Gasteiger charge is 2.23. The van der Waals surface area contributed by atoms with Gasteiger partial charge in [0.2, 0.25) is 0 Å². The van der Waals surface area contributed by atoms with E-state index >= 15 is 0 Å². The van der Waals surface area contributed by atoms with Gasteiger partial charge in [-0.05, 0) is 48.8 Å². The highest BCUT2D eigenvalue weighted by atomic mass is 32.1. The minimum absolute atomic E-state index is 0.232. The van der Waals surface area contributed by atoms with E-state index in [0.717, 1.165) is 29.8 Å². The van der Waals surface area contributed by atoms with Crippen LogP contribution in [-0.4, -0.2) is 24.9 Å². The summed E-state index contributed by atoms with van der Waals surface area (Å²) in [6.45, 7) is 0.682. The molecule has 1 amide bonds. The standard InChI is InChI=1S/C12H15N3O2S/c1-17-12(16)15-6-2-3-8-7-9(14-11(13)18)4-5-10(8)15/h4-5,7H,2-3,6H2,1H3,(H3,13,14,18).